The van der Waals surface area contributed by atoms with Gasteiger partial charge in [0.05, 0.1) is 12.4 Å². The Bertz CT molecular complexity index is 829. The smallest absolute Gasteiger partial charge is 0.201 e. The first-order valence-electron chi connectivity index (χ1n) is 7.54. The molecule has 0 spiro atoms. The van der Waals surface area contributed by atoms with E-state index in [1.165, 1.54) is 7.11 Å². The number of hydrogen-bond acceptors (Lipinski definition) is 5. The van der Waals surface area contributed by atoms with E-state index in [1.54, 1.807) is 17.1 Å². The second-order valence-electron chi connectivity index (χ2n) is 5.16. The van der Waals surface area contributed by atoms with E-state index >= 15 is 0 Å². The summed E-state index contributed by atoms with van der Waals surface area (Å²) >= 11 is 0. The van der Waals surface area contributed by atoms with Gasteiger partial charge in [-0.3, -0.25) is 0 Å². The van der Waals surface area contributed by atoms with Gasteiger partial charge < -0.3 is 9.57 Å². The van der Waals surface area contributed by atoms with Gasteiger partial charge in [0.15, 0.2) is 0 Å². The van der Waals surface area contributed by atoms with Crippen molar-refractivity contribution in [1.82, 2.24) is 15.0 Å². The minimum atomic E-state index is 0.415. The summed E-state index contributed by atoms with van der Waals surface area (Å²) in [6, 6.07) is 15.8. The maximum absolute atomic E-state index is 5.97. The molecule has 24 heavy (non-hydrogen) atoms. The Hall–Kier alpha value is -3.15. The molecule has 122 valence electrons. The van der Waals surface area contributed by atoms with Gasteiger partial charge in [0.1, 0.15) is 19.5 Å². The molecule has 0 aliphatic rings. The molecular weight excluding hydrogens is 304 g/mol. The molecule has 0 saturated carbocycles. The van der Waals surface area contributed by atoms with Crippen LogP contribution in [-0.4, -0.2) is 27.9 Å². The van der Waals surface area contributed by atoms with Gasteiger partial charge in [-0.25, -0.2) is 0 Å². The quantitative estimate of drug-likeness (QED) is 0.411. The third kappa shape index (κ3) is 3.43. The summed E-state index contributed by atoms with van der Waals surface area (Å²) in [6.45, 7) is 2.44. The molecule has 6 nitrogen and oxygen atoms in total. The third-order valence-electron chi connectivity index (χ3n) is 3.55. The summed E-state index contributed by atoms with van der Waals surface area (Å²) in [7, 11) is 1.50. The van der Waals surface area contributed by atoms with Crippen molar-refractivity contribution in [3.8, 4) is 5.75 Å². The van der Waals surface area contributed by atoms with Gasteiger partial charge in [-0.2, -0.15) is 4.68 Å². The number of hydrogen-bond donors (Lipinski definition) is 0. The Morgan fingerprint density at radius 2 is 1.92 bits per heavy atom. The van der Waals surface area contributed by atoms with Crippen LogP contribution < -0.4 is 4.74 Å². The van der Waals surface area contributed by atoms with Crippen LogP contribution in [0, 0.1) is 6.92 Å². The standard InChI is InChI=1S/C18H18N4O2/c1-14-7-3-6-10-17(14)24-13-15-8-4-5-9-16(15)18(20-23-2)22-12-11-19-21-22/h3-12H,13H2,1-2H3. The van der Waals surface area contributed by atoms with E-state index < -0.39 is 0 Å². The number of ether oxygens (including phenoxy) is 1. The van der Waals surface area contributed by atoms with Crippen molar-refractivity contribution in [1.29, 1.82) is 0 Å². The Morgan fingerprint density at radius 3 is 2.67 bits per heavy atom. The first-order valence-corrected chi connectivity index (χ1v) is 7.54. The van der Waals surface area contributed by atoms with Crippen LogP contribution in [0.15, 0.2) is 66.1 Å². The molecule has 0 aliphatic heterocycles. The fourth-order valence-electron chi connectivity index (χ4n) is 2.36. The average molecular weight is 322 g/mol. The average Bonchev–Trinajstić information content (AvgIpc) is 3.14. The maximum atomic E-state index is 5.97. The highest BCUT2D eigenvalue weighted by Gasteiger charge is 2.13. The second kappa shape index (κ2) is 7.41. The van der Waals surface area contributed by atoms with E-state index in [0.717, 1.165) is 22.4 Å². The molecule has 0 N–H and O–H groups in total. The second-order valence-corrected chi connectivity index (χ2v) is 5.16. The van der Waals surface area contributed by atoms with Crippen LogP contribution in [0.3, 0.4) is 0 Å². The Labute approximate surface area is 140 Å². The minimum absolute atomic E-state index is 0.415. The predicted molar refractivity (Wildman–Crippen MR) is 90.9 cm³/mol. The number of aromatic nitrogens is 3. The Balaban J connectivity index is 1.90. The molecule has 3 aromatic rings. The molecule has 1 heterocycles. The molecule has 0 atom stereocenters. The molecule has 6 heteroatoms. The number of nitrogens with zero attached hydrogens (tertiary/aromatic N) is 4. The van der Waals surface area contributed by atoms with E-state index in [2.05, 4.69) is 15.5 Å². The fraction of sp³-hybridized carbons (Fsp3) is 0.167. The van der Waals surface area contributed by atoms with Crippen molar-refractivity contribution >= 4 is 5.84 Å². The van der Waals surface area contributed by atoms with Crippen LogP contribution in [0.2, 0.25) is 0 Å². The van der Waals surface area contributed by atoms with Crippen molar-refractivity contribution < 1.29 is 9.57 Å². The van der Waals surface area contributed by atoms with Gasteiger partial charge in [-0.1, -0.05) is 52.8 Å². The Kier molecular flexibility index (Phi) is 4.86. The summed E-state index contributed by atoms with van der Waals surface area (Å²) in [5.41, 5.74) is 2.95. The molecule has 0 bridgehead atoms. The van der Waals surface area contributed by atoms with E-state index in [1.807, 2.05) is 55.5 Å². The van der Waals surface area contributed by atoms with Crippen LogP contribution in [0.1, 0.15) is 16.7 Å². The highest BCUT2D eigenvalue weighted by atomic mass is 16.6. The van der Waals surface area contributed by atoms with E-state index in [0.29, 0.717) is 12.4 Å². The maximum Gasteiger partial charge on any atom is 0.201 e. The number of aryl methyl sites for hydroxylation is 1. The van der Waals surface area contributed by atoms with Crippen LogP contribution in [0.4, 0.5) is 0 Å². The summed E-state index contributed by atoms with van der Waals surface area (Å²) in [6.07, 6.45) is 3.31. The number of oxime groups is 1. The van der Waals surface area contributed by atoms with Gasteiger partial charge in [0.2, 0.25) is 5.84 Å². The summed E-state index contributed by atoms with van der Waals surface area (Å²) in [5, 5.41) is 11.9. The summed E-state index contributed by atoms with van der Waals surface area (Å²) < 4.78 is 7.53. The zero-order valence-corrected chi connectivity index (χ0v) is 13.6. The van der Waals surface area contributed by atoms with Crippen LogP contribution in [-0.2, 0) is 11.4 Å². The third-order valence-corrected chi connectivity index (χ3v) is 3.55. The number of rotatable bonds is 5. The lowest BCUT2D eigenvalue weighted by molar-refractivity contribution is 0.212. The lowest BCUT2D eigenvalue weighted by atomic mass is 10.1. The predicted octanol–water partition coefficient (Wildman–Crippen LogP) is 3.02. The highest BCUT2D eigenvalue weighted by molar-refractivity contribution is 6.00. The van der Waals surface area contributed by atoms with Gasteiger partial charge in [-0.05, 0) is 18.6 Å². The monoisotopic (exact) mass is 322 g/mol. The topological polar surface area (TPSA) is 61.5 Å². The van der Waals surface area contributed by atoms with Gasteiger partial charge >= 0.3 is 0 Å². The zero-order valence-electron chi connectivity index (χ0n) is 13.6. The molecule has 0 saturated heterocycles. The molecule has 0 fully saturated rings. The molecule has 1 aromatic heterocycles. The molecular formula is C18H18N4O2. The molecule has 2 aromatic carbocycles. The molecule has 0 unspecified atom stereocenters. The SMILES string of the molecule is CON=C(c1ccccc1COc1ccccc1C)n1ccnn1. The van der Waals surface area contributed by atoms with Gasteiger partial charge in [-0.15, -0.1) is 5.10 Å². The zero-order chi connectivity index (χ0) is 16.8. The van der Waals surface area contributed by atoms with Crippen LogP contribution in [0.5, 0.6) is 5.75 Å². The number of para-hydroxylation sites is 1. The largest absolute Gasteiger partial charge is 0.489 e. The molecule has 0 amide bonds. The van der Waals surface area contributed by atoms with Crippen molar-refractivity contribution in [3.63, 3.8) is 0 Å². The first-order chi connectivity index (χ1) is 11.8. The van der Waals surface area contributed by atoms with Crippen LogP contribution in [0.25, 0.3) is 0 Å². The van der Waals surface area contributed by atoms with Crippen LogP contribution >= 0.6 is 0 Å². The van der Waals surface area contributed by atoms with Crippen molar-refractivity contribution in [2.24, 2.45) is 5.16 Å². The van der Waals surface area contributed by atoms with E-state index in [-0.39, 0.29) is 0 Å². The van der Waals surface area contributed by atoms with Crippen molar-refractivity contribution in [3.05, 3.63) is 77.6 Å². The fourth-order valence-corrected chi connectivity index (χ4v) is 2.36. The summed E-state index contributed by atoms with van der Waals surface area (Å²) in [4.78, 5) is 4.98. The Morgan fingerprint density at radius 1 is 1.12 bits per heavy atom. The summed E-state index contributed by atoms with van der Waals surface area (Å²) in [5.74, 6) is 1.41. The molecule has 0 radical (unpaired) electrons. The van der Waals surface area contributed by atoms with Crippen molar-refractivity contribution in [2.75, 3.05) is 7.11 Å². The molecule has 3 rings (SSSR count). The molecule has 0 aliphatic carbocycles. The van der Waals surface area contributed by atoms with Crippen molar-refractivity contribution in [2.45, 2.75) is 13.5 Å². The lowest BCUT2D eigenvalue weighted by Crippen LogP contribution is -2.17. The minimum Gasteiger partial charge on any atom is -0.489 e. The normalized spacial score (nSPS) is 11.3. The van der Waals surface area contributed by atoms with E-state index in [4.69, 9.17) is 9.57 Å². The van der Waals surface area contributed by atoms with Gasteiger partial charge in [0, 0.05) is 11.1 Å². The number of benzene rings is 2. The van der Waals surface area contributed by atoms with Gasteiger partial charge in [0.25, 0.3) is 0 Å². The highest BCUT2D eigenvalue weighted by Crippen LogP contribution is 2.19. The first kappa shape index (κ1) is 15.7. The lowest BCUT2D eigenvalue weighted by Gasteiger charge is -2.13. The van der Waals surface area contributed by atoms with E-state index in [9.17, 15) is 0 Å².